The van der Waals surface area contributed by atoms with Crippen LogP contribution in [0.3, 0.4) is 0 Å². The summed E-state index contributed by atoms with van der Waals surface area (Å²) in [6.45, 7) is 0. The zero-order chi connectivity index (χ0) is 9.00. The molecule has 0 bridgehead atoms. The molecule has 0 aliphatic rings. The monoisotopic (exact) mass is 244 g/mol. The first-order chi connectivity index (χ1) is 4.00. The summed E-state index contributed by atoms with van der Waals surface area (Å²) in [5.41, 5.74) is 0. The van der Waals surface area contributed by atoms with Crippen molar-refractivity contribution in [3.63, 3.8) is 0 Å². The van der Waals surface area contributed by atoms with Crippen LogP contribution in [0.4, 0.5) is 9.41 Å². The molecule has 0 aliphatic heterocycles. The topological polar surface area (TPSA) is 156 Å². The van der Waals surface area contributed by atoms with E-state index in [-0.39, 0.29) is 29.7 Å². The van der Waals surface area contributed by atoms with Crippen molar-refractivity contribution in [2.45, 2.75) is 0 Å². The van der Waals surface area contributed by atoms with Crippen LogP contribution in [-0.2, 0) is 9.13 Å². The molecule has 13 heteroatoms. The molecule has 0 amide bonds. The SMILES string of the molecule is F.F.O=P(O)(O)O.O=P(O)(O)O.[H-].[Li+]. The molecule has 0 aromatic heterocycles. The molecule has 0 saturated carbocycles. The minimum atomic E-state index is -4.64. The number of hydrogen-bond donors (Lipinski definition) is 6. The van der Waals surface area contributed by atoms with E-state index in [1.54, 1.807) is 0 Å². The maximum absolute atomic E-state index is 8.88. The minimum Gasteiger partial charge on any atom is -1.00 e. The molecule has 0 fully saturated rings. The smallest absolute Gasteiger partial charge is 1.00 e. The van der Waals surface area contributed by atoms with Gasteiger partial charge in [-0.2, -0.15) is 0 Å². The molecular weight excluding hydrogens is 235 g/mol. The fourth-order valence-electron chi connectivity index (χ4n) is 0. The summed E-state index contributed by atoms with van der Waals surface area (Å²) in [7, 11) is -9.28. The van der Waals surface area contributed by atoms with Gasteiger partial charge in [0, 0.05) is 0 Å². The van der Waals surface area contributed by atoms with E-state index in [0.717, 1.165) is 0 Å². The molecule has 0 aromatic rings. The van der Waals surface area contributed by atoms with Crippen LogP contribution in [0.1, 0.15) is 1.43 Å². The van der Waals surface area contributed by atoms with Crippen molar-refractivity contribution in [2.24, 2.45) is 0 Å². The number of halogens is 2. The maximum atomic E-state index is 8.88. The normalized spacial score (nSPS) is 9.08. The van der Waals surface area contributed by atoms with Crippen LogP contribution in [0.25, 0.3) is 0 Å². The predicted octanol–water partition coefficient (Wildman–Crippen LogP) is -4.44. The summed E-state index contributed by atoms with van der Waals surface area (Å²) in [6, 6.07) is 0. The Morgan fingerprint density at radius 1 is 0.692 bits per heavy atom. The molecule has 8 nitrogen and oxygen atoms in total. The standard InChI is InChI=1S/2FH.Li.2H3O4P.H/c;;;2*1-5(2,3)4;/h2*1H;;2*(H3,1,2,3,4);/q;;+1;;;-1. The molecule has 0 aliphatic carbocycles. The molecule has 0 rings (SSSR count). The second-order valence-electron chi connectivity index (χ2n) is 1.03. The second kappa shape index (κ2) is 10.8. The molecule has 82 valence electrons. The van der Waals surface area contributed by atoms with E-state index < -0.39 is 15.6 Å². The molecule has 0 saturated heterocycles. The van der Waals surface area contributed by atoms with Crippen molar-refractivity contribution >= 4 is 15.6 Å². The Morgan fingerprint density at radius 3 is 0.692 bits per heavy atom. The molecule has 6 N–H and O–H groups in total. The predicted molar refractivity (Wildman–Crippen MR) is 34.6 cm³/mol. The first-order valence-corrected chi connectivity index (χ1v) is 4.70. The Balaban J connectivity index is -0.0000000178. The fraction of sp³-hybridized carbons (Fsp3) is 0. The third-order valence-corrected chi connectivity index (χ3v) is 0. The van der Waals surface area contributed by atoms with Crippen LogP contribution in [0.2, 0.25) is 0 Å². The third kappa shape index (κ3) is 3150. The van der Waals surface area contributed by atoms with E-state index in [9.17, 15) is 0 Å². The zero-order valence-electron chi connectivity index (χ0n) is 7.21. The summed E-state index contributed by atoms with van der Waals surface area (Å²) in [5.74, 6) is 0. The molecule has 0 unspecified atom stereocenters. The molecule has 0 atom stereocenters. The Morgan fingerprint density at radius 2 is 0.692 bits per heavy atom. The van der Waals surface area contributed by atoms with E-state index >= 15 is 0 Å². The Labute approximate surface area is 84.5 Å². The third-order valence-electron chi connectivity index (χ3n) is 0. The van der Waals surface area contributed by atoms with Crippen LogP contribution < -0.4 is 18.9 Å². The first-order valence-electron chi connectivity index (χ1n) is 1.57. The van der Waals surface area contributed by atoms with Crippen molar-refractivity contribution in [1.82, 2.24) is 0 Å². The summed E-state index contributed by atoms with van der Waals surface area (Å²) in [6.07, 6.45) is 0. The van der Waals surface area contributed by atoms with Gasteiger partial charge in [0.2, 0.25) is 0 Å². The van der Waals surface area contributed by atoms with Crippen molar-refractivity contribution in [1.29, 1.82) is 0 Å². The first kappa shape index (κ1) is 29.2. The van der Waals surface area contributed by atoms with Crippen LogP contribution in [-0.4, -0.2) is 29.4 Å². The molecule has 0 heterocycles. The zero-order valence-corrected chi connectivity index (χ0v) is 8.00. The van der Waals surface area contributed by atoms with Gasteiger partial charge in [-0.05, 0) is 0 Å². The van der Waals surface area contributed by atoms with Crippen LogP contribution in [0, 0.1) is 0 Å². The van der Waals surface area contributed by atoms with Crippen molar-refractivity contribution < 1.29 is 68.2 Å². The average Bonchev–Trinajstić information content (AvgIpc) is 1.12. The molecule has 13 heavy (non-hydrogen) atoms. The van der Waals surface area contributed by atoms with E-state index in [2.05, 4.69) is 0 Å². The quantitative estimate of drug-likeness (QED) is 0.184. The van der Waals surface area contributed by atoms with Gasteiger partial charge in [-0.25, -0.2) is 9.13 Å². The van der Waals surface area contributed by atoms with Gasteiger partial charge in [-0.1, -0.05) is 0 Å². The summed E-state index contributed by atoms with van der Waals surface area (Å²) >= 11 is 0. The van der Waals surface area contributed by atoms with Crippen molar-refractivity contribution in [2.75, 3.05) is 0 Å². The summed E-state index contributed by atoms with van der Waals surface area (Å²) in [5, 5.41) is 0. The Hall–Kier alpha value is 0.677. The van der Waals surface area contributed by atoms with Gasteiger partial charge in [0.25, 0.3) is 0 Å². The van der Waals surface area contributed by atoms with E-state index in [1.165, 1.54) is 0 Å². The second-order valence-corrected chi connectivity index (χ2v) is 3.08. The van der Waals surface area contributed by atoms with Gasteiger partial charge in [-0.15, -0.1) is 0 Å². The maximum Gasteiger partial charge on any atom is 1.00 e. The molecule has 0 spiro atoms. The number of rotatable bonds is 0. The minimum absolute atomic E-state index is 0. The van der Waals surface area contributed by atoms with Gasteiger partial charge >= 0.3 is 34.5 Å². The van der Waals surface area contributed by atoms with Gasteiger partial charge in [0.15, 0.2) is 0 Å². The van der Waals surface area contributed by atoms with E-state index in [1.807, 2.05) is 0 Å². The van der Waals surface area contributed by atoms with Crippen molar-refractivity contribution in [3.05, 3.63) is 0 Å². The Bertz CT molecular complexity index is 138. The van der Waals surface area contributed by atoms with Crippen molar-refractivity contribution in [3.8, 4) is 0 Å². The average molecular weight is 244 g/mol. The molecular formula is H9F2LiO8P2. The fourth-order valence-corrected chi connectivity index (χ4v) is 0. The van der Waals surface area contributed by atoms with Crippen LogP contribution in [0.5, 0.6) is 0 Å². The molecule has 0 aromatic carbocycles. The molecule has 0 radical (unpaired) electrons. The van der Waals surface area contributed by atoms with Crippen LogP contribution in [0.15, 0.2) is 0 Å². The number of phosphoric acid groups is 2. The van der Waals surface area contributed by atoms with Gasteiger partial charge in [0.05, 0.1) is 0 Å². The largest absolute Gasteiger partial charge is 1.00 e. The summed E-state index contributed by atoms with van der Waals surface area (Å²) in [4.78, 5) is 43.1. The van der Waals surface area contributed by atoms with Gasteiger partial charge < -0.3 is 30.8 Å². The number of hydrogen-bond acceptors (Lipinski definition) is 2. The van der Waals surface area contributed by atoms with Crippen LogP contribution >= 0.6 is 15.6 Å². The summed E-state index contributed by atoms with van der Waals surface area (Å²) < 4.78 is 17.8. The van der Waals surface area contributed by atoms with E-state index in [4.69, 9.17) is 38.5 Å². The van der Waals surface area contributed by atoms with Gasteiger partial charge in [-0.3, -0.25) is 9.41 Å². The van der Waals surface area contributed by atoms with E-state index in [0.29, 0.717) is 0 Å². The Kier molecular flexibility index (Phi) is 24.2. The van der Waals surface area contributed by atoms with Gasteiger partial charge in [0.1, 0.15) is 0 Å².